The standard InChI is InChI=1S/C18H16Cl2N2O5S/c19-11-8-12(20)10-13(9-11)28(26,27)22-7-3-6-16(22)17(23)21-15-5-2-1-4-14(15)18(24)25/h1-2,4-5,8-10,16H,3,6-7H2,(H,21,23)(H,24,25)/t16-/m0/s1. The topological polar surface area (TPSA) is 104 Å². The van der Waals surface area contributed by atoms with Crippen molar-refractivity contribution in [3.8, 4) is 0 Å². The average molecular weight is 443 g/mol. The number of carbonyl (C=O) groups is 2. The highest BCUT2D eigenvalue weighted by Crippen LogP contribution is 2.30. The molecule has 1 amide bonds. The van der Waals surface area contributed by atoms with Crippen molar-refractivity contribution in [2.75, 3.05) is 11.9 Å². The number of anilines is 1. The van der Waals surface area contributed by atoms with Crippen molar-refractivity contribution in [1.82, 2.24) is 4.31 Å². The Balaban J connectivity index is 1.88. The summed E-state index contributed by atoms with van der Waals surface area (Å²) in [4.78, 5) is 24.0. The molecule has 1 fully saturated rings. The van der Waals surface area contributed by atoms with Crippen molar-refractivity contribution in [2.45, 2.75) is 23.8 Å². The molecule has 2 aromatic rings. The number of aromatic carboxylic acids is 1. The van der Waals surface area contributed by atoms with Gasteiger partial charge in [0.2, 0.25) is 15.9 Å². The molecule has 0 bridgehead atoms. The zero-order chi connectivity index (χ0) is 20.5. The van der Waals surface area contributed by atoms with Crippen molar-refractivity contribution in [3.63, 3.8) is 0 Å². The molecule has 1 aliphatic rings. The number of carboxylic acids is 1. The molecule has 28 heavy (non-hydrogen) atoms. The number of para-hydroxylation sites is 1. The zero-order valence-electron chi connectivity index (χ0n) is 14.4. The summed E-state index contributed by atoms with van der Waals surface area (Å²) >= 11 is 11.8. The summed E-state index contributed by atoms with van der Waals surface area (Å²) in [6, 6.07) is 8.92. The van der Waals surface area contributed by atoms with Crippen LogP contribution in [-0.2, 0) is 14.8 Å². The van der Waals surface area contributed by atoms with Crippen molar-refractivity contribution in [3.05, 3.63) is 58.1 Å². The fourth-order valence-corrected chi connectivity index (χ4v) is 5.48. The van der Waals surface area contributed by atoms with E-state index in [1.54, 1.807) is 6.07 Å². The lowest BCUT2D eigenvalue weighted by Gasteiger charge is -2.24. The van der Waals surface area contributed by atoms with Gasteiger partial charge >= 0.3 is 5.97 Å². The van der Waals surface area contributed by atoms with Crippen LogP contribution in [0.4, 0.5) is 5.69 Å². The highest BCUT2D eigenvalue weighted by atomic mass is 35.5. The monoisotopic (exact) mass is 442 g/mol. The van der Waals surface area contributed by atoms with Gasteiger partial charge in [-0.2, -0.15) is 4.31 Å². The first kappa shape index (κ1) is 20.6. The van der Waals surface area contributed by atoms with Crippen LogP contribution < -0.4 is 5.32 Å². The summed E-state index contributed by atoms with van der Waals surface area (Å²) in [6.07, 6.45) is 0.806. The van der Waals surface area contributed by atoms with E-state index in [-0.39, 0.29) is 32.7 Å². The smallest absolute Gasteiger partial charge is 0.337 e. The Hall–Kier alpha value is -2.13. The van der Waals surface area contributed by atoms with Crippen LogP contribution in [0.1, 0.15) is 23.2 Å². The van der Waals surface area contributed by atoms with Gasteiger partial charge in [-0.1, -0.05) is 35.3 Å². The van der Waals surface area contributed by atoms with E-state index in [4.69, 9.17) is 23.2 Å². The summed E-state index contributed by atoms with van der Waals surface area (Å²) in [7, 11) is -4.01. The third kappa shape index (κ3) is 4.15. The molecule has 1 atom stereocenters. The highest BCUT2D eigenvalue weighted by Gasteiger charge is 2.39. The number of nitrogens with one attached hydrogen (secondary N) is 1. The third-order valence-corrected chi connectivity index (χ3v) is 6.69. The number of hydrogen-bond acceptors (Lipinski definition) is 4. The predicted octanol–water partition coefficient (Wildman–Crippen LogP) is 3.48. The first-order chi connectivity index (χ1) is 13.2. The van der Waals surface area contributed by atoms with Gasteiger partial charge in [-0.15, -0.1) is 0 Å². The van der Waals surface area contributed by atoms with Gasteiger partial charge in [0.25, 0.3) is 0 Å². The van der Waals surface area contributed by atoms with E-state index in [0.717, 1.165) is 4.31 Å². The number of amides is 1. The van der Waals surface area contributed by atoms with Gasteiger partial charge in [0.1, 0.15) is 6.04 Å². The van der Waals surface area contributed by atoms with E-state index in [1.807, 2.05) is 0 Å². The van der Waals surface area contributed by atoms with Crippen LogP contribution in [-0.4, -0.2) is 42.3 Å². The van der Waals surface area contributed by atoms with E-state index in [1.165, 1.54) is 36.4 Å². The Labute approximate surface area is 171 Å². The Morgan fingerprint density at radius 2 is 1.75 bits per heavy atom. The summed E-state index contributed by atoms with van der Waals surface area (Å²) in [5, 5.41) is 12.1. The minimum atomic E-state index is -4.01. The quantitative estimate of drug-likeness (QED) is 0.737. The molecule has 148 valence electrons. The lowest BCUT2D eigenvalue weighted by molar-refractivity contribution is -0.119. The molecule has 2 aromatic carbocycles. The number of halogens is 2. The molecular weight excluding hydrogens is 427 g/mol. The van der Waals surface area contributed by atoms with Gasteiger partial charge in [-0.25, -0.2) is 13.2 Å². The maximum Gasteiger partial charge on any atom is 0.337 e. The van der Waals surface area contributed by atoms with E-state index in [0.29, 0.717) is 12.8 Å². The molecule has 0 unspecified atom stereocenters. The maximum atomic E-state index is 13.0. The average Bonchev–Trinajstić information content (AvgIpc) is 3.12. The summed E-state index contributed by atoms with van der Waals surface area (Å²) < 4.78 is 27.1. The van der Waals surface area contributed by atoms with Gasteiger partial charge in [-0.05, 0) is 43.2 Å². The van der Waals surface area contributed by atoms with Crippen molar-refractivity contribution < 1.29 is 23.1 Å². The highest BCUT2D eigenvalue weighted by molar-refractivity contribution is 7.89. The number of sulfonamides is 1. The minimum absolute atomic E-state index is 0.0788. The number of benzene rings is 2. The first-order valence-corrected chi connectivity index (χ1v) is 10.5. The fraction of sp³-hybridized carbons (Fsp3) is 0.222. The molecule has 0 radical (unpaired) electrons. The number of hydrogen-bond donors (Lipinski definition) is 2. The Kier molecular flexibility index (Phi) is 5.95. The normalized spacial score (nSPS) is 17.4. The van der Waals surface area contributed by atoms with E-state index >= 15 is 0 Å². The van der Waals surface area contributed by atoms with Crippen LogP contribution >= 0.6 is 23.2 Å². The Morgan fingerprint density at radius 3 is 2.39 bits per heavy atom. The fourth-order valence-electron chi connectivity index (χ4n) is 3.10. The van der Waals surface area contributed by atoms with Gasteiger partial charge in [-0.3, -0.25) is 4.79 Å². The molecule has 1 heterocycles. The third-order valence-electron chi connectivity index (χ3n) is 4.36. The lowest BCUT2D eigenvalue weighted by Crippen LogP contribution is -2.43. The summed E-state index contributed by atoms with van der Waals surface area (Å²) in [6.45, 7) is 0.158. The van der Waals surface area contributed by atoms with Gasteiger partial charge in [0.15, 0.2) is 0 Å². The predicted molar refractivity (Wildman–Crippen MR) is 105 cm³/mol. The Bertz CT molecular complexity index is 1020. The molecule has 0 aromatic heterocycles. The van der Waals surface area contributed by atoms with Gasteiger partial charge in [0.05, 0.1) is 16.1 Å². The van der Waals surface area contributed by atoms with Crippen molar-refractivity contribution in [2.24, 2.45) is 0 Å². The molecule has 1 saturated heterocycles. The number of nitrogens with zero attached hydrogens (tertiary/aromatic N) is 1. The number of rotatable bonds is 5. The van der Waals surface area contributed by atoms with Crippen LogP contribution in [0.3, 0.4) is 0 Å². The summed E-state index contributed by atoms with van der Waals surface area (Å²) in [5.41, 5.74) is 0.0277. The molecule has 0 saturated carbocycles. The number of carbonyl (C=O) groups excluding carboxylic acids is 1. The molecular formula is C18H16Cl2N2O5S. The second-order valence-corrected chi connectivity index (χ2v) is 8.98. The van der Waals surface area contributed by atoms with E-state index in [9.17, 15) is 23.1 Å². The molecule has 0 aliphatic carbocycles. The number of carboxylic acid groups (broad SMARTS) is 1. The van der Waals surface area contributed by atoms with Crippen LogP contribution in [0.25, 0.3) is 0 Å². The maximum absolute atomic E-state index is 13.0. The minimum Gasteiger partial charge on any atom is -0.478 e. The molecule has 3 rings (SSSR count). The SMILES string of the molecule is O=C(O)c1ccccc1NC(=O)[C@@H]1CCCN1S(=O)(=O)c1cc(Cl)cc(Cl)c1. The lowest BCUT2D eigenvalue weighted by atomic mass is 10.1. The molecule has 1 aliphatic heterocycles. The van der Waals surface area contributed by atoms with Gasteiger partial charge < -0.3 is 10.4 Å². The second kappa shape index (κ2) is 8.08. The van der Waals surface area contributed by atoms with Crippen LogP contribution in [0.15, 0.2) is 47.4 Å². The van der Waals surface area contributed by atoms with Crippen LogP contribution in [0.5, 0.6) is 0 Å². The van der Waals surface area contributed by atoms with Crippen LogP contribution in [0, 0.1) is 0 Å². The Morgan fingerprint density at radius 1 is 1.11 bits per heavy atom. The van der Waals surface area contributed by atoms with E-state index < -0.39 is 27.9 Å². The largest absolute Gasteiger partial charge is 0.478 e. The molecule has 2 N–H and O–H groups in total. The first-order valence-electron chi connectivity index (χ1n) is 8.31. The van der Waals surface area contributed by atoms with Gasteiger partial charge in [0, 0.05) is 16.6 Å². The van der Waals surface area contributed by atoms with Crippen LogP contribution in [0.2, 0.25) is 10.0 Å². The zero-order valence-corrected chi connectivity index (χ0v) is 16.8. The van der Waals surface area contributed by atoms with E-state index in [2.05, 4.69) is 5.32 Å². The molecule has 7 nitrogen and oxygen atoms in total. The molecule has 10 heteroatoms. The van der Waals surface area contributed by atoms with Crippen molar-refractivity contribution >= 4 is 50.8 Å². The van der Waals surface area contributed by atoms with Crippen molar-refractivity contribution in [1.29, 1.82) is 0 Å². The molecule has 0 spiro atoms. The summed E-state index contributed by atoms with van der Waals surface area (Å²) in [5.74, 6) is -1.79. The second-order valence-electron chi connectivity index (χ2n) is 6.22.